The van der Waals surface area contributed by atoms with Crippen molar-refractivity contribution in [2.24, 2.45) is 0 Å². The normalized spacial score (nSPS) is 16.3. The number of piperazine rings is 1. The van der Waals surface area contributed by atoms with Crippen molar-refractivity contribution in [3.63, 3.8) is 0 Å². The van der Waals surface area contributed by atoms with Gasteiger partial charge >= 0.3 is 12.4 Å². The molecule has 2 aromatic heterocycles. The fourth-order valence-corrected chi connectivity index (χ4v) is 4.51. The Balaban J connectivity index is 0.000000321. The van der Waals surface area contributed by atoms with E-state index in [-0.39, 0.29) is 31.9 Å². The van der Waals surface area contributed by atoms with E-state index in [0.717, 1.165) is 24.6 Å². The van der Waals surface area contributed by atoms with Crippen molar-refractivity contribution < 1.29 is 43.7 Å². The van der Waals surface area contributed by atoms with Gasteiger partial charge in [0.05, 0.1) is 25.4 Å². The van der Waals surface area contributed by atoms with E-state index in [4.69, 9.17) is 12.6 Å². The first-order chi connectivity index (χ1) is 21.2. The molecule has 18 heteroatoms. The topological polar surface area (TPSA) is 126 Å². The van der Waals surface area contributed by atoms with Crippen LogP contribution >= 0.6 is 0 Å². The molecule has 3 heterocycles. The van der Waals surface area contributed by atoms with E-state index in [1.54, 1.807) is 11.8 Å². The second-order valence-electron chi connectivity index (χ2n) is 11.2. The minimum Gasteiger partial charge on any atom is -0.396 e. The lowest BCUT2D eigenvalue weighted by Gasteiger charge is -2.34. The van der Waals surface area contributed by atoms with Gasteiger partial charge < -0.3 is 25.0 Å². The minimum absolute atomic E-state index is 0.125. The molecule has 1 aliphatic rings. The zero-order valence-electron chi connectivity index (χ0n) is 26.9. The summed E-state index contributed by atoms with van der Waals surface area (Å²) in [6.45, 7) is 7.94. The summed E-state index contributed by atoms with van der Waals surface area (Å²) < 4.78 is 97.1. The second kappa shape index (κ2) is 15.7. The van der Waals surface area contributed by atoms with Gasteiger partial charge in [0.15, 0.2) is 0 Å². The maximum atomic E-state index is 13.2. The predicted octanol–water partition coefficient (Wildman–Crippen LogP) is 3.92. The molecule has 0 aromatic carbocycles. The van der Waals surface area contributed by atoms with Crippen molar-refractivity contribution >= 4 is 25.6 Å². The van der Waals surface area contributed by atoms with Crippen molar-refractivity contribution in [2.45, 2.75) is 71.1 Å². The molecule has 2 N–H and O–H groups in total. The Labute approximate surface area is 255 Å². The standard InChI is InChI=1S/C14H24F3N3O2Si.C12H15F3N4O2/c1-10(2)19-11-8-18-20(9-22-6-7-23(3,4)5)13(21)12(11)14(15,16)17;13-12(14,15)9-7-16-11(17-8-9)19-4-2-18(3-5-19)10(21)1-6-20/h8,10,19H,6-7,9H2,1-5H3;7-8,20H,1-6H2/i1D;6D. The van der Waals surface area contributed by atoms with Crippen LogP contribution in [0.4, 0.5) is 38.0 Å². The molecule has 44 heavy (non-hydrogen) atoms. The summed E-state index contributed by atoms with van der Waals surface area (Å²) in [4.78, 5) is 34.4. The van der Waals surface area contributed by atoms with Gasteiger partial charge in [0, 0.05) is 67.1 Å². The number of rotatable bonds is 10. The van der Waals surface area contributed by atoms with Crippen LogP contribution in [0.2, 0.25) is 25.7 Å². The third-order valence-corrected chi connectivity index (χ3v) is 7.79. The fraction of sp³-hybridized carbons (Fsp3) is 0.654. The highest BCUT2D eigenvalue weighted by molar-refractivity contribution is 6.76. The van der Waals surface area contributed by atoms with Crippen LogP contribution in [0.1, 0.15) is 34.1 Å². The zero-order chi connectivity index (χ0) is 34.9. The summed E-state index contributed by atoms with van der Waals surface area (Å²) in [5.41, 5.74) is -3.88. The highest BCUT2D eigenvalue weighted by atomic mass is 28.3. The molecule has 2 unspecified atom stereocenters. The zero-order valence-corrected chi connectivity index (χ0v) is 25.9. The largest absolute Gasteiger partial charge is 0.423 e. The van der Waals surface area contributed by atoms with Gasteiger partial charge in [-0.15, -0.1) is 0 Å². The van der Waals surface area contributed by atoms with Gasteiger partial charge in [-0.1, -0.05) is 19.6 Å². The molecule has 0 spiro atoms. The Kier molecular flexibility index (Phi) is 12.0. The van der Waals surface area contributed by atoms with Gasteiger partial charge in [0.2, 0.25) is 11.9 Å². The first-order valence-electron chi connectivity index (χ1n) is 14.8. The number of carbonyl (C=O) groups excluding carboxylic acids is 1. The maximum Gasteiger partial charge on any atom is 0.423 e. The summed E-state index contributed by atoms with van der Waals surface area (Å²) in [7, 11) is -1.32. The summed E-state index contributed by atoms with van der Waals surface area (Å²) in [5, 5.41) is 15.1. The van der Waals surface area contributed by atoms with Crippen LogP contribution in [0.15, 0.2) is 23.4 Å². The van der Waals surface area contributed by atoms with E-state index in [9.17, 15) is 35.9 Å². The number of aliphatic hydroxyl groups excluding tert-OH is 1. The van der Waals surface area contributed by atoms with Gasteiger partial charge in [-0.25, -0.2) is 14.6 Å². The van der Waals surface area contributed by atoms with E-state index >= 15 is 0 Å². The Hall–Kier alpha value is -3.25. The average Bonchev–Trinajstić information content (AvgIpc) is 2.94. The van der Waals surface area contributed by atoms with Crippen LogP contribution in [0.5, 0.6) is 0 Å². The van der Waals surface area contributed by atoms with E-state index in [2.05, 4.69) is 40.0 Å². The van der Waals surface area contributed by atoms with Crippen molar-refractivity contribution in [1.82, 2.24) is 24.6 Å². The summed E-state index contributed by atoms with van der Waals surface area (Å²) in [6.07, 6.45) is -7.13. The molecule has 1 aliphatic heterocycles. The van der Waals surface area contributed by atoms with Gasteiger partial charge in [-0.2, -0.15) is 31.4 Å². The lowest BCUT2D eigenvalue weighted by Crippen LogP contribution is -2.49. The van der Waals surface area contributed by atoms with Gasteiger partial charge in [-0.05, 0) is 19.9 Å². The molecule has 2 aromatic rings. The number of nitrogens with zero attached hydrogens (tertiary/aromatic N) is 6. The number of halogens is 6. The molecular weight excluding hydrogens is 616 g/mol. The minimum atomic E-state index is -4.82. The number of amides is 1. The molecule has 3 rings (SSSR count). The van der Waals surface area contributed by atoms with Crippen molar-refractivity contribution in [3.8, 4) is 0 Å². The summed E-state index contributed by atoms with van der Waals surface area (Å²) in [5.74, 6) is -0.142. The Morgan fingerprint density at radius 1 is 1.11 bits per heavy atom. The molecule has 0 radical (unpaired) electrons. The molecule has 0 bridgehead atoms. The molecule has 1 saturated heterocycles. The fourth-order valence-electron chi connectivity index (χ4n) is 3.75. The maximum absolute atomic E-state index is 13.2. The number of nitrogens with one attached hydrogen (secondary N) is 1. The predicted molar refractivity (Wildman–Crippen MR) is 154 cm³/mol. The summed E-state index contributed by atoms with van der Waals surface area (Å²) in [6, 6.07) is 0.310. The first kappa shape index (κ1) is 33.6. The van der Waals surface area contributed by atoms with Crippen LogP contribution in [-0.4, -0.2) is 89.1 Å². The highest BCUT2D eigenvalue weighted by Crippen LogP contribution is 2.32. The monoisotopic (exact) mass is 657 g/mol. The summed E-state index contributed by atoms with van der Waals surface area (Å²) >= 11 is 0. The van der Waals surface area contributed by atoms with Gasteiger partial charge in [0.25, 0.3) is 5.56 Å². The Morgan fingerprint density at radius 3 is 2.23 bits per heavy atom. The number of alkyl halides is 6. The molecule has 1 fully saturated rings. The van der Waals surface area contributed by atoms with Crippen molar-refractivity contribution in [2.75, 3.05) is 49.6 Å². The molecular formula is C26H39F6N7O4Si. The third kappa shape index (κ3) is 11.7. The number of aliphatic hydroxyl groups is 1. The van der Waals surface area contributed by atoms with E-state index < -0.39 is 55.4 Å². The number of hydrogen-bond donors (Lipinski definition) is 2. The van der Waals surface area contributed by atoms with Gasteiger partial charge in [0.1, 0.15) is 12.3 Å². The Bertz CT molecular complexity index is 1320. The quantitative estimate of drug-likeness (QED) is 0.222. The van der Waals surface area contributed by atoms with E-state index in [1.807, 2.05) is 0 Å². The Morgan fingerprint density at radius 2 is 1.73 bits per heavy atom. The number of anilines is 2. The molecule has 248 valence electrons. The number of carbonyl (C=O) groups is 1. The number of ether oxygens (including phenoxy) is 1. The van der Waals surface area contributed by atoms with Crippen molar-refractivity contribution in [1.29, 1.82) is 0 Å². The SMILES string of the molecule is [2H]C(O)CC(=O)N1CCN(c2ncc(C(F)(F)F)cn2)CC1.[2H]CC(C)Nc1cnn(COCC[Si](C)(C)C)c(=O)c1C(F)(F)F. The molecule has 0 saturated carbocycles. The number of hydrogen-bond acceptors (Lipinski definition) is 9. The van der Waals surface area contributed by atoms with Gasteiger partial charge in [-0.3, -0.25) is 9.59 Å². The lowest BCUT2D eigenvalue weighted by atomic mass is 10.2. The van der Waals surface area contributed by atoms with Crippen LogP contribution < -0.4 is 15.8 Å². The average molecular weight is 658 g/mol. The molecule has 11 nitrogen and oxygen atoms in total. The van der Waals surface area contributed by atoms with Crippen LogP contribution in [-0.2, 0) is 28.6 Å². The van der Waals surface area contributed by atoms with Crippen LogP contribution in [0, 0.1) is 0 Å². The molecule has 1 amide bonds. The van der Waals surface area contributed by atoms with Crippen LogP contribution in [0.25, 0.3) is 0 Å². The first-order valence-corrected chi connectivity index (χ1v) is 17.3. The van der Waals surface area contributed by atoms with Crippen LogP contribution in [0.3, 0.4) is 0 Å². The van der Waals surface area contributed by atoms with Crippen molar-refractivity contribution in [3.05, 3.63) is 40.1 Å². The highest BCUT2D eigenvalue weighted by Gasteiger charge is 2.38. The number of aromatic nitrogens is 4. The molecule has 0 aliphatic carbocycles. The van der Waals surface area contributed by atoms with E-state index in [1.165, 1.54) is 4.90 Å². The lowest BCUT2D eigenvalue weighted by molar-refractivity contribution is -0.139. The second-order valence-corrected chi connectivity index (χ2v) is 16.8. The smallest absolute Gasteiger partial charge is 0.396 e. The molecule has 2 atom stereocenters. The third-order valence-electron chi connectivity index (χ3n) is 6.09. The van der Waals surface area contributed by atoms with E-state index in [0.29, 0.717) is 37.5 Å².